The van der Waals surface area contributed by atoms with Crippen LogP contribution in [0.1, 0.15) is 22.3 Å². The van der Waals surface area contributed by atoms with Crippen LogP contribution in [0.3, 0.4) is 0 Å². The van der Waals surface area contributed by atoms with Crippen LogP contribution in [0.5, 0.6) is 0 Å². The van der Waals surface area contributed by atoms with E-state index in [9.17, 15) is 0 Å². The van der Waals surface area contributed by atoms with Crippen LogP contribution in [0.25, 0.3) is 71.6 Å². The zero-order valence-electron chi connectivity index (χ0n) is 36.8. The second kappa shape index (κ2) is 15.8. The average Bonchev–Trinajstić information content (AvgIpc) is 3.89. The van der Waals surface area contributed by atoms with Gasteiger partial charge in [-0.1, -0.05) is 224 Å². The number of rotatable bonds is 8. The van der Waals surface area contributed by atoms with Crippen LogP contribution < -0.4 is 4.90 Å². The third-order valence-electron chi connectivity index (χ3n) is 14.1. The van der Waals surface area contributed by atoms with E-state index in [1.165, 1.54) is 82.7 Å². The Kier molecular flexibility index (Phi) is 9.11. The van der Waals surface area contributed by atoms with Crippen molar-refractivity contribution in [2.75, 3.05) is 4.90 Å². The first-order valence-corrected chi connectivity index (χ1v) is 23.2. The van der Waals surface area contributed by atoms with Crippen molar-refractivity contribution < 1.29 is 0 Å². The summed E-state index contributed by atoms with van der Waals surface area (Å²) >= 11 is 0. The van der Waals surface area contributed by atoms with Crippen LogP contribution >= 0.6 is 0 Å². The number of anilines is 3. The summed E-state index contributed by atoms with van der Waals surface area (Å²) in [7, 11) is 0. The molecule has 314 valence electrons. The van der Waals surface area contributed by atoms with Crippen LogP contribution in [-0.4, -0.2) is 4.57 Å². The average molecular weight is 853 g/mol. The van der Waals surface area contributed by atoms with Gasteiger partial charge in [0.05, 0.1) is 27.8 Å². The maximum absolute atomic E-state index is 2.49. The van der Waals surface area contributed by atoms with Crippen molar-refractivity contribution >= 4 is 49.6 Å². The molecule has 0 saturated heterocycles. The van der Waals surface area contributed by atoms with Gasteiger partial charge in [-0.05, 0) is 97.9 Å². The minimum Gasteiger partial charge on any atom is -0.310 e. The molecule has 1 atom stereocenters. The van der Waals surface area contributed by atoms with E-state index in [-0.39, 0.29) is 0 Å². The smallest absolute Gasteiger partial charge is 0.0714 e. The monoisotopic (exact) mass is 852 g/mol. The van der Waals surface area contributed by atoms with Crippen LogP contribution in [0.2, 0.25) is 0 Å². The topological polar surface area (TPSA) is 8.17 Å². The summed E-state index contributed by atoms with van der Waals surface area (Å²) in [4.78, 5) is 2.49. The van der Waals surface area contributed by atoms with Gasteiger partial charge in [-0.15, -0.1) is 0 Å². The van der Waals surface area contributed by atoms with E-state index in [1.807, 2.05) is 0 Å². The maximum atomic E-state index is 2.49. The Morgan fingerprint density at radius 3 is 1.67 bits per heavy atom. The molecule has 0 fully saturated rings. The SMILES string of the molecule is c1ccc(-c2ccc(C3(c4ccccc4)c4ccccc4-c4ccc(N(c5ccc6c7ccccc7n(-c7ccccc7-c7ccccc7)c6c5)c5cccc6ccccc56)cc43)cc2)cc1. The third kappa shape index (κ3) is 6.11. The molecule has 0 N–H and O–H groups in total. The molecule has 1 unspecified atom stereocenters. The van der Waals surface area contributed by atoms with E-state index in [1.54, 1.807) is 0 Å². The lowest BCUT2D eigenvalue weighted by molar-refractivity contribution is 0.768. The largest absolute Gasteiger partial charge is 0.310 e. The summed E-state index contributed by atoms with van der Waals surface area (Å²) < 4.78 is 2.47. The van der Waals surface area contributed by atoms with E-state index in [2.05, 4.69) is 276 Å². The quantitative estimate of drug-likeness (QED) is 0.148. The van der Waals surface area contributed by atoms with Crippen molar-refractivity contribution in [3.05, 3.63) is 289 Å². The molecule has 2 heteroatoms. The highest BCUT2D eigenvalue weighted by atomic mass is 15.1. The van der Waals surface area contributed by atoms with Gasteiger partial charge in [0.2, 0.25) is 0 Å². The highest BCUT2D eigenvalue weighted by Gasteiger charge is 2.46. The molecule has 0 spiro atoms. The fraction of sp³-hybridized carbons (Fsp3) is 0.0154. The second-order valence-electron chi connectivity index (χ2n) is 17.6. The molecule has 11 aromatic carbocycles. The maximum Gasteiger partial charge on any atom is 0.0714 e. The highest BCUT2D eigenvalue weighted by molar-refractivity contribution is 6.11. The summed E-state index contributed by atoms with van der Waals surface area (Å²) in [5.74, 6) is 0. The fourth-order valence-corrected chi connectivity index (χ4v) is 11.1. The Morgan fingerprint density at radius 2 is 0.866 bits per heavy atom. The molecule has 1 heterocycles. The van der Waals surface area contributed by atoms with E-state index >= 15 is 0 Å². The lowest BCUT2D eigenvalue weighted by atomic mass is 9.67. The molecular weight excluding hydrogens is 809 g/mol. The van der Waals surface area contributed by atoms with Crippen molar-refractivity contribution in [3.8, 4) is 39.1 Å². The minimum atomic E-state index is -0.583. The molecular formula is C65H44N2. The van der Waals surface area contributed by atoms with Gasteiger partial charge >= 0.3 is 0 Å². The molecule has 1 aliphatic carbocycles. The number of benzene rings is 11. The number of fused-ring (bicyclic) bond motifs is 7. The lowest BCUT2D eigenvalue weighted by Crippen LogP contribution is -2.28. The Morgan fingerprint density at radius 1 is 0.313 bits per heavy atom. The zero-order chi connectivity index (χ0) is 44.3. The van der Waals surface area contributed by atoms with E-state index < -0.39 is 5.41 Å². The van der Waals surface area contributed by atoms with Crippen LogP contribution in [0.15, 0.2) is 267 Å². The van der Waals surface area contributed by atoms with E-state index in [0.717, 1.165) is 28.3 Å². The summed E-state index contributed by atoms with van der Waals surface area (Å²) in [5.41, 5.74) is 18.5. The molecule has 0 aliphatic heterocycles. The van der Waals surface area contributed by atoms with Gasteiger partial charge in [0.15, 0.2) is 0 Å². The van der Waals surface area contributed by atoms with Crippen molar-refractivity contribution in [2.24, 2.45) is 0 Å². The molecule has 0 bridgehead atoms. The Labute approximate surface area is 390 Å². The van der Waals surface area contributed by atoms with Crippen molar-refractivity contribution in [3.63, 3.8) is 0 Å². The van der Waals surface area contributed by atoms with Gasteiger partial charge in [-0.2, -0.15) is 0 Å². The number of nitrogens with zero attached hydrogens (tertiary/aromatic N) is 2. The molecule has 0 saturated carbocycles. The van der Waals surface area contributed by atoms with Gasteiger partial charge in [0.25, 0.3) is 0 Å². The van der Waals surface area contributed by atoms with Crippen molar-refractivity contribution in [2.45, 2.75) is 5.41 Å². The Hall–Kier alpha value is -8.72. The molecule has 67 heavy (non-hydrogen) atoms. The zero-order valence-corrected chi connectivity index (χ0v) is 36.8. The standard InChI is InChI=1S/C65H44N2/c1-4-19-45(20-5-1)46-35-37-50(38-36-46)65(49-25-8-3-9-26-49)59-31-15-12-29-55(59)56-41-39-51(43-60(56)65)66(61-34-18-24-48-23-10-11-27-53(48)61)52-40-42-58-57-30-14-17-33-63(57)67(64(58)44-52)62-32-16-13-28-54(62)47-21-6-2-7-22-47/h1-44H. The van der Waals surface area contributed by atoms with Gasteiger partial charge in [-0.3, -0.25) is 0 Å². The van der Waals surface area contributed by atoms with Crippen LogP contribution in [0, 0.1) is 0 Å². The second-order valence-corrected chi connectivity index (χ2v) is 17.6. The summed E-state index contributed by atoms with van der Waals surface area (Å²) in [6, 6.07) is 98.3. The Bertz CT molecular complexity index is 3790. The molecule has 0 radical (unpaired) electrons. The lowest BCUT2D eigenvalue weighted by Gasteiger charge is -2.35. The third-order valence-corrected chi connectivity index (χ3v) is 14.1. The molecule has 0 amide bonds. The number of hydrogen-bond acceptors (Lipinski definition) is 1. The first-order chi connectivity index (χ1) is 33.3. The summed E-state index contributed by atoms with van der Waals surface area (Å²) in [5, 5.41) is 4.83. The predicted molar refractivity (Wildman–Crippen MR) is 281 cm³/mol. The molecule has 1 aromatic heterocycles. The minimum absolute atomic E-state index is 0.583. The summed E-state index contributed by atoms with van der Waals surface area (Å²) in [6.45, 7) is 0. The normalized spacial score (nSPS) is 14.0. The fourth-order valence-electron chi connectivity index (χ4n) is 11.1. The number of hydrogen-bond donors (Lipinski definition) is 0. The first kappa shape index (κ1) is 38.7. The number of aromatic nitrogens is 1. The highest BCUT2D eigenvalue weighted by Crippen LogP contribution is 2.57. The molecule has 13 rings (SSSR count). The molecule has 12 aromatic rings. The van der Waals surface area contributed by atoms with Crippen LogP contribution in [-0.2, 0) is 5.41 Å². The summed E-state index contributed by atoms with van der Waals surface area (Å²) in [6.07, 6.45) is 0. The van der Waals surface area contributed by atoms with Gasteiger partial charge in [-0.25, -0.2) is 0 Å². The van der Waals surface area contributed by atoms with Gasteiger partial charge < -0.3 is 9.47 Å². The van der Waals surface area contributed by atoms with Crippen molar-refractivity contribution in [1.82, 2.24) is 4.57 Å². The first-order valence-electron chi connectivity index (χ1n) is 23.2. The van der Waals surface area contributed by atoms with Gasteiger partial charge in [0.1, 0.15) is 0 Å². The van der Waals surface area contributed by atoms with E-state index in [4.69, 9.17) is 0 Å². The van der Waals surface area contributed by atoms with Gasteiger partial charge in [0, 0.05) is 33.1 Å². The number of para-hydroxylation sites is 2. The molecule has 1 aliphatic rings. The van der Waals surface area contributed by atoms with Crippen LogP contribution in [0.4, 0.5) is 17.1 Å². The van der Waals surface area contributed by atoms with E-state index in [0.29, 0.717) is 0 Å². The molecule has 2 nitrogen and oxygen atoms in total. The Balaban J connectivity index is 1.08. The van der Waals surface area contributed by atoms with Crippen molar-refractivity contribution in [1.29, 1.82) is 0 Å². The predicted octanol–water partition coefficient (Wildman–Crippen LogP) is 17.1.